The Bertz CT molecular complexity index is 642. The minimum Gasteiger partial charge on any atom is -0.388 e. The summed E-state index contributed by atoms with van der Waals surface area (Å²) in [6, 6.07) is 2.84. The lowest BCUT2D eigenvalue weighted by atomic mass is 10.3. The van der Waals surface area contributed by atoms with Crippen LogP contribution in [-0.4, -0.2) is 60.2 Å². The molecule has 1 saturated heterocycles. The second-order valence-corrected chi connectivity index (χ2v) is 6.78. The van der Waals surface area contributed by atoms with Crippen molar-refractivity contribution in [3.63, 3.8) is 0 Å². The zero-order chi connectivity index (χ0) is 14.9. The van der Waals surface area contributed by atoms with Crippen LogP contribution < -0.4 is 5.73 Å². The molecule has 0 aliphatic carbocycles. The largest absolute Gasteiger partial charge is 0.388 e. The van der Waals surface area contributed by atoms with Crippen LogP contribution in [0.3, 0.4) is 0 Å². The number of nitrogens with zero attached hydrogens (tertiary/aromatic N) is 3. The number of likely N-dealkylation sites (N-methyl/N-ethyl adjacent to an activating group) is 1. The molecule has 1 aromatic rings. The molecule has 0 spiro atoms. The molecule has 0 saturated carbocycles. The van der Waals surface area contributed by atoms with Gasteiger partial charge in [0.1, 0.15) is 9.88 Å². The SMILES string of the molecule is CN1CCN(S(=O)(=O)c2ccc(C(N)=S)nc2)CC1=O. The summed E-state index contributed by atoms with van der Waals surface area (Å²) in [5, 5.41) is 0. The molecule has 0 bridgehead atoms. The number of thiocarbonyl (C=S) groups is 1. The van der Waals surface area contributed by atoms with E-state index in [0.717, 1.165) is 4.31 Å². The van der Waals surface area contributed by atoms with Gasteiger partial charge in [-0.15, -0.1) is 0 Å². The number of amides is 1. The first-order valence-electron chi connectivity index (χ1n) is 5.82. The van der Waals surface area contributed by atoms with Crippen molar-refractivity contribution in [1.29, 1.82) is 0 Å². The molecule has 0 unspecified atom stereocenters. The van der Waals surface area contributed by atoms with Gasteiger partial charge in [-0.2, -0.15) is 4.31 Å². The lowest BCUT2D eigenvalue weighted by Gasteiger charge is -2.31. The van der Waals surface area contributed by atoms with Gasteiger partial charge in [-0.1, -0.05) is 12.2 Å². The van der Waals surface area contributed by atoms with Crippen LogP contribution in [0.1, 0.15) is 5.69 Å². The molecule has 1 amide bonds. The van der Waals surface area contributed by atoms with E-state index in [1.807, 2.05) is 0 Å². The number of carbonyl (C=O) groups is 1. The van der Waals surface area contributed by atoms with Crippen LogP contribution in [0.2, 0.25) is 0 Å². The van der Waals surface area contributed by atoms with Crippen LogP contribution in [0, 0.1) is 0 Å². The third-order valence-electron chi connectivity index (χ3n) is 3.05. The number of pyridine rings is 1. The molecule has 1 aliphatic heterocycles. The van der Waals surface area contributed by atoms with Crippen molar-refractivity contribution < 1.29 is 13.2 Å². The summed E-state index contributed by atoms with van der Waals surface area (Å²) in [6.07, 6.45) is 1.20. The number of piperazine rings is 1. The van der Waals surface area contributed by atoms with E-state index in [2.05, 4.69) is 4.98 Å². The average Bonchev–Trinajstić information content (AvgIpc) is 2.41. The number of carbonyl (C=O) groups excluding carboxylic acids is 1. The highest BCUT2D eigenvalue weighted by atomic mass is 32.2. The molecule has 0 atom stereocenters. The third-order valence-corrected chi connectivity index (χ3v) is 5.09. The van der Waals surface area contributed by atoms with E-state index >= 15 is 0 Å². The molecule has 0 aromatic carbocycles. The van der Waals surface area contributed by atoms with Crippen LogP contribution in [0.5, 0.6) is 0 Å². The molecule has 1 aliphatic rings. The topological polar surface area (TPSA) is 96.6 Å². The number of rotatable bonds is 3. The molecule has 2 heterocycles. The standard InChI is InChI=1S/C11H14N4O3S2/c1-14-4-5-15(7-10(14)16)20(17,18)8-2-3-9(11(12)19)13-6-8/h2-3,6H,4-5,7H2,1H3,(H2,12,19). The fraction of sp³-hybridized carbons (Fsp3) is 0.364. The number of aromatic nitrogens is 1. The van der Waals surface area contributed by atoms with E-state index in [-0.39, 0.29) is 28.9 Å². The van der Waals surface area contributed by atoms with Gasteiger partial charge in [0, 0.05) is 26.3 Å². The van der Waals surface area contributed by atoms with E-state index in [1.54, 1.807) is 7.05 Å². The fourth-order valence-corrected chi connectivity index (χ4v) is 3.22. The maximum absolute atomic E-state index is 12.4. The highest BCUT2D eigenvalue weighted by Gasteiger charge is 2.31. The number of hydrogen-bond acceptors (Lipinski definition) is 5. The number of sulfonamides is 1. The highest BCUT2D eigenvalue weighted by Crippen LogP contribution is 2.17. The minimum absolute atomic E-state index is 0.0230. The molecule has 2 rings (SSSR count). The van der Waals surface area contributed by atoms with Crippen molar-refractivity contribution in [3.05, 3.63) is 24.0 Å². The summed E-state index contributed by atoms with van der Waals surface area (Å²) in [5.74, 6) is -0.229. The van der Waals surface area contributed by atoms with Gasteiger partial charge in [0.05, 0.1) is 12.2 Å². The molecule has 2 N–H and O–H groups in total. The molecular formula is C11H14N4O3S2. The molecule has 108 valence electrons. The first-order valence-corrected chi connectivity index (χ1v) is 7.67. The molecule has 1 fully saturated rings. The van der Waals surface area contributed by atoms with E-state index in [1.165, 1.54) is 23.2 Å². The summed E-state index contributed by atoms with van der Waals surface area (Å²) >= 11 is 4.76. The average molecular weight is 314 g/mol. The van der Waals surface area contributed by atoms with Gasteiger partial charge in [0.2, 0.25) is 15.9 Å². The number of hydrogen-bond donors (Lipinski definition) is 1. The van der Waals surface area contributed by atoms with E-state index in [0.29, 0.717) is 12.2 Å². The summed E-state index contributed by atoms with van der Waals surface area (Å²) < 4.78 is 25.9. The van der Waals surface area contributed by atoms with Crippen molar-refractivity contribution in [2.24, 2.45) is 5.73 Å². The van der Waals surface area contributed by atoms with Gasteiger partial charge in [0.25, 0.3) is 0 Å². The molecule has 1 aromatic heterocycles. The lowest BCUT2D eigenvalue weighted by Crippen LogP contribution is -2.50. The summed E-state index contributed by atoms with van der Waals surface area (Å²) in [4.78, 5) is 17.1. The number of nitrogens with two attached hydrogens (primary N) is 1. The van der Waals surface area contributed by atoms with Gasteiger partial charge < -0.3 is 10.6 Å². The molecular weight excluding hydrogens is 300 g/mol. The van der Waals surface area contributed by atoms with E-state index in [4.69, 9.17) is 18.0 Å². The van der Waals surface area contributed by atoms with Crippen LogP contribution in [0.4, 0.5) is 0 Å². The van der Waals surface area contributed by atoms with Gasteiger partial charge in [-0.25, -0.2) is 8.42 Å². The molecule has 0 radical (unpaired) electrons. The summed E-state index contributed by atoms with van der Waals surface area (Å²) in [7, 11) is -2.08. The molecule has 7 nitrogen and oxygen atoms in total. The van der Waals surface area contributed by atoms with E-state index in [9.17, 15) is 13.2 Å². The van der Waals surface area contributed by atoms with Crippen molar-refractivity contribution in [2.75, 3.05) is 26.7 Å². The lowest BCUT2D eigenvalue weighted by molar-refractivity contribution is -0.132. The Kier molecular flexibility index (Phi) is 4.02. The quantitative estimate of drug-likeness (QED) is 0.732. The minimum atomic E-state index is -3.72. The maximum Gasteiger partial charge on any atom is 0.245 e. The van der Waals surface area contributed by atoms with Gasteiger partial charge >= 0.3 is 0 Å². The van der Waals surface area contributed by atoms with Crippen molar-refractivity contribution in [3.8, 4) is 0 Å². The fourth-order valence-electron chi connectivity index (χ4n) is 1.77. The van der Waals surface area contributed by atoms with Gasteiger partial charge in [-0.05, 0) is 12.1 Å². The predicted molar refractivity (Wildman–Crippen MR) is 76.5 cm³/mol. The second-order valence-electron chi connectivity index (χ2n) is 4.40. The Morgan fingerprint density at radius 1 is 1.40 bits per heavy atom. The Morgan fingerprint density at radius 2 is 2.10 bits per heavy atom. The Morgan fingerprint density at radius 3 is 2.60 bits per heavy atom. The summed E-state index contributed by atoms with van der Waals surface area (Å²) in [5.41, 5.74) is 5.76. The van der Waals surface area contributed by atoms with E-state index < -0.39 is 10.0 Å². The second kappa shape index (κ2) is 5.43. The van der Waals surface area contributed by atoms with Crippen LogP contribution in [0.15, 0.2) is 23.2 Å². The van der Waals surface area contributed by atoms with Crippen molar-refractivity contribution >= 4 is 33.1 Å². The van der Waals surface area contributed by atoms with Crippen molar-refractivity contribution in [2.45, 2.75) is 4.90 Å². The van der Waals surface area contributed by atoms with Crippen LogP contribution in [-0.2, 0) is 14.8 Å². The third kappa shape index (κ3) is 2.79. The van der Waals surface area contributed by atoms with Crippen LogP contribution in [0.25, 0.3) is 0 Å². The summed E-state index contributed by atoms with van der Waals surface area (Å²) in [6.45, 7) is 0.480. The molecule has 9 heteroatoms. The Labute approximate surface area is 122 Å². The highest BCUT2D eigenvalue weighted by molar-refractivity contribution is 7.89. The molecule has 20 heavy (non-hydrogen) atoms. The van der Waals surface area contributed by atoms with Crippen molar-refractivity contribution in [1.82, 2.24) is 14.2 Å². The Hall–Kier alpha value is -1.58. The smallest absolute Gasteiger partial charge is 0.245 e. The Balaban J connectivity index is 2.26. The first kappa shape index (κ1) is 14.8. The maximum atomic E-state index is 12.4. The van der Waals surface area contributed by atoms with Gasteiger partial charge in [0.15, 0.2) is 0 Å². The first-order chi connectivity index (χ1) is 9.32. The zero-order valence-corrected chi connectivity index (χ0v) is 12.4. The monoisotopic (exact) mass is 314 g/mol. The predicted octanol–water partition coefficient (Wildman–Crippen LogP) is -0.821. The van der Waals surface area contributed by atoms with Gasteiger partial charge in [-0.3, -0.25) is 9.78 Å². The van der Waals surface area contributed by atoms with Crippen LogP contribution >= 0.6 is 12.2 Å². The zero-order valence-electron chi connectivity index (χ0n) is 10.8. The normalized spacial score (nSPS) is 17.2.